The van der Waals surface area contributed by atoms with Gasteiger partial charge in [-0.15, -0.1) is 21.5 Å². The van der Waals surface area contributed by atoms with Crippen LogP contribution in [-0.4, -0.2) is 49.0 Å². The summed E-state index contributed by atoms with van der Waals surface area (Å²) >= 11 is 2.73. The number of halogens is 1. The standard InChI is InChI=1S/C18H20FN5OS2/c1-2-13(18(25)23-8-4-3-5-9-23)27-16-7-6-15-20-21-17(24(15)22-16)14-10-12(19)11-26-14/h6-7,10-11,13H,2-5,8-9H2,1H3. The van der Waals surface area contributed by atoms with Crippen molar-refractivity contribution in [3.8, 4) is 10.7 Å². The molecule has 1 unspecified atom stereocenters. The Hall–Kier alpha value is -2.00. The molecule has 0 aliphatic carbocycles. The van der Waals surface area contributed by atoms with Crippen LogP contribution in [0.3, 0.4) is 0 Å². The van der Waals surface area contributed by atoms with E-state index in [1.54, 1.807) is 4.52 Å². The maximum absolute atomic E-state index is 13.4. The molecule has 9 heteroatoms. The minimum Gasteiger partial charge on any atom is -0.342 e. The van der Waals surface area contributed by atoms with Crippen LogP contribution in [0, 0.1) is 5.82 Å². The summed E-state index contributed by atoms with van der Waals surface area (Å²) in [5, 5.41) is 14.8. The Bertz CT molecular complexity index is 950. The molecule has 4 heterocycles. The maximum Gasteiger partial charge on any atom is 0.236 e. The zero-order valence-electron chi connectivity index (χ0n) is 15.0. The number of hydrogen-bond donors (Lipinski definition) is 0. The van der Waals surface area contributed by atoms with Crippen molar-refractivity contribution in [1.29, 1.82) is 0 Å². The van der Waals surface area contributed by atoms with Crippen molar-refractivity contribution in [2.75, 3.05) is 13.1 Å². The second-order valence-electron chi connectivity index (χ2n) is 6.50. The van der Waals surface area contributed by atoms with E-state index in [9.17, 15) is 9.18 Å². The van der Waals surface area contributed by atoms with E-state index < -0.39 is 0 Å². The van der Waals surface area contributed by atoms with Gasteiger partial charge in [0.1, 0.15) is 10.8 Å². The Labute approximate surface area is 164 Å². The number of amides is 1. The maximum atomic E-state index is 13.4. The Morgan fingerprint density at radius 3 is 2.81 bits per heavy atom. The van der Waals surface area contributed by atoms with Gasteiger partial charge in [-0.05, 0) is 43.9 Å². The molecule has 1 saturated heterocycles. The summed E-state index contributed by atoms with van der Waals surface area (Å²) in [6, 6.07) is 5.12. The van der Waals surface area contributed by atoms with Crippen LogP contribution < -0.4 is 0 Å². The molecule has 4 rings (SSSR count). The van der Waals surface area contributed by atoms with Crippen LogP contribution in [0.5, 0.6) is 0 Å². The first-order valence-corrected chi connectivity index (χ1v) is 10.8. The van der Waals surface area contributed by atoms with Gasteiger partial charge in [-0.3, -0.25) is 4.79 Å². The fourth-order valence-electron chi connectivity index (χ4n) is 3.19. The third-order valence-corrected chi connectivity index (χ3v) is 6.78. The van der Waals surface area contributed by atoms with E-state index in [4.69, 9.17) is 0 Å². The van der Waals surface area contributed by atoms with E-state index in [1.165, 1.54) is 41.0 Å². The molecule has 0 N–H and O–H groups in total. The van der Waals surface area contributed by atoms with Crippen molar-refractivity contribution in [3.63, 3.8) is 0 Å². The highest BCUT2D eigenvalue weighted by molar-refractivity contribution is 8.00. The number of thiophene rings is 1. The second kappa shape index (κ2) is 7.93. The summed E-state index contributed by atoms with van der Waals surface area (Å²) in [6.45, 7) is 3.72. The van der Waals surface area contributed by atoms with Gasteiger partial charge < -0.3 is 4.90 Å². The first kappa shape index (κ1) is 18.4. The molecule has 0 bridgehead atoms. The van der Waals surface area contributed by atoms with Gasteiger partial charge in [-0.25, -0.2) is 4.39 Å². The topological polar surface area (TPSA) is 63.4 Å². The summed E-state index contributed by atoms with van der Waals surface area (Å²) in [4.78, 5) is 15.5. The number of nitrogens with zero attached hydrogens (tertiary/aromatic N) is 5. The number of hydrogen-bond acceptors (Lipinski definition) is 6. The first-order valence-electron chi connectivity index (χ1n) is 9.08. The van der Waals surface area contributed by atoms with Crippen molar-refractivity contribution in [3.05, 3.63) is 29.4 Å². The van der Waals surface area contributed by atoms with Gasteiger partial charge in [-0.1, -0.05) is 18.7 Å². The SMILES string of the molecule is CCC(Sc1ccc2nnc(-c3cc(F)cs3)n2n1)C(=O)N1CCCCC1. The van der Waals surface area contributed by atoms with E-state index in [0.717, 1.165) is 37.4 Å². The average molecular weight is 406 g/mol. The van der Waals surface area contributed by atoms with Gasteiger partial charge in [0.05, 0.1) is 10.1 Å². The molecule has 0 spiro atoms. The van der Waals surface area contributed by atoms with Crippen molar-refractivity contribution in [1.82, 2.24) is 24.7 Å². The van der Waals surface area contributed by atoms with Crippen LogP contribution in [0.2, 0.25) is 0 Å². The largest absolute Gasteiger partial charge is 0.342 e. The van der Waals surface area contributed by atoms with Crippen LogP contribution in [0.15, 0.2) is 28.6 Å². The second-order valence-corrected chi connectivity index (χ2v) is 8.63. The fourth-order valence-corrected chi connectivity index (χ4v) is 4.90. The molecule has 3 aromatic heterocycles. The molecule has 0 radical (unpaired) electrons. The predicted octanol–water partition coefficient (Wildman–Crippen LogP) is 3.88. The van der Waals surface area contributed by atoms with Gasteiger partial charge in [0, 0.05) is 18.5 Å². The number of likely N-dealkylation sites (tertiary alicyclic amines) is 1. The third-order valence-electron chi connectivity index (χ3n) is 4.60. The van der Waals surface area contributed by atoms with E-state index >= 15 is 0 Å². The number of rotatable bonds is 5. The van der Waals surface area contributed by atoms with Crippen molar-refractivity contribution < 1.29 is 9.18 Å². The zero-order valence-corrected chi connectivity index (χ0v) is 16.6. The molecule has 6 nitrogen and oxygen atoms in total. The summed E-state index contributed by atoms with van der Waals surface area (Å²) in [5.74, 6) is 0.403. The molecule has 3 aromatic rings. The number of fused-ring (bicyclic) bond motifs is 1. The van der Waals surface area contributed by atoms with Crippen molar-refractivity contribution in [2.45, 2.75) is 42.9 Å². The summed E-state index contributed by atoms with van der Waals surface area (Å²) in [5.41, 5.74) is 0.596. The summed E-state index contributed by atoms with van der Waals surface area (Å²) < 4.78 is 15.0. The van der Waals surface area contributed by atoms with Crippen LogP contribution in [0.4, 0.5) is 4.39 Å². The molecular formula is C18H20FN5OS2. The Morgan fingerprint density at radius 2 is 2.11 bits per heavy atom. The molecule has 27 heavy (non-hydrogen) atoms. The van der Waals surface area contributed by atoms with Crippen LogP contribution in [0.1, 0.15) is 32.6 Å². The highest BCUT2D eigenvalue weighted by atomic mass is 32.2. The van der Waals surface area contributed by atoms with Crippen LogP contribution >= 0.6 is 23.1 Å². The van der Waals surface area contributed by atoms with E-state index in [1.807, 2.05) is 24.0 Å². The first-order chi connectivity index (χ1) is 13.2. The Balaban J connectivity index is 1.58. The summed E-state index contributed by atoms with van der Waals surface area (Å²) in [7, 11) is 0. The number of piperidine rings is 1. The molecule has 142 valence electrons. The molecule has 1 atom stereocenters. The number of thioether (sulfide) groups is 1. The smallest absolute Gasteiger partial charge is 0.236 e. The lowest BCUT2D eigenvalue weighted by molar-refractivity contribution is -0.131. The lowest BCUT2D eigenvalue weighted by Crippen LogP contribution is -2.40. The average Bonchev–Trinajstić information content (AvgIpc) is 3.31. The quantitative estimate of drug-likeness (QED) is 0.603. The molecule has 1 aliphatic heterocycles. The zero-order chi connectivity index (χ0) is 18.8. The molecule has 0 saturated carbocycles. The summed E-state index contributed by atoms with van der Waals surface area (Å²) in [6.07, 6.45) is 4.10. The Kier molecular flexibility index (Phi) is 5.40. The minimum absolute atomic E-state index is 0.160. The molecule has 1 aliphatic rings. The van der Waals surface area contributed by atoms with Gasteiger partial charge in [0.25, 0.3) is 0 Å². The van der Waals surface area contributed by atoms with Crippen molar-refractivity contribution >= 4 is 34.7 Å². The third kappa shape index (κ3) is 3.84. The van der Waals surface area contributed by atoms with E-state index in [2.05, 4.69) is 15.3 Å². The molecule has 1 amide bonds. The van der Waals surface area contributed by atoms with Crippen LogP contribution in [-0.2, 0) is 4.79 Å². The van der Waals surface area contributed by atoms with Gasteiger partial charge >= 0.3 is 0 Å². The van der Waals surface area contributed by atoms with Crippen LogP contribution in [0.25, 0.3) is 16.3 Å². The van der Waals surface area contributed by atoms with E-state index in [-0.39, 0.29) is 17.0 Å². The van der Waals surface area contributed by atoms with Crippen molar-refractivity contribution in [2.24, 2.45) is 0 Å². The van der Waals surface area contributed by atoms with Gasteiger partial charge in [-0.2, -0.15) is 9.61 Å². The minimum atomic E-state index is -0.296. The molecular weight excluding hydrogens is 385 g/mol. The lowest BCUT2D eigenvalue weighted by Gasteiger charge is -2.29. The number of carbonyl (C=O) groups is 1. The van der Waals surface area contributed by atoms with E-state index in [0.29, 0.717) is 16.3 Å². The molecule has 0 aromatic carbocycles. The number of carbonyl (C=O) groups excluding carboxylic acids is 1. The monoisotopic (exact) mass is 405 g/mol. The highest BCUT2D eigenvalue weighted by Crippen LogP contribution is 2.29. The Morgan fingerprint density at radius 1 is 1.30 bits per heavy atom. The lowest BCUT2D eigenvalue weighted by atomic mass is 10.1. The normalized spacial score (nSPS) is 16.0. The number of aromatic nitrogens is 4. The molecule has 1 fully saturated rings. The predicted molar refractivity (Wildman–Crippen MR) is 104 cm³/mol. The van der Waals surface area contributed by atoms with Gasteiger partial charge in [0.2, 0.25) is 5.91 Å². The highest BCUT2D eigenvalue weighted by Gasteiger charge is 2.26. The van der Waals surface area contributed by atoms with Gasteiger partial charge in [0.15, 0.2) is 11.5 Å². The fraction of sp³-hybridized carbons (Fsp3) is 0.444.